The molecule has 146 valence electrons. The Morgan fingerprint density at radius 1 is 1.25 bits per heavy atom. The number of aromatic nitrogens is 3. The fraction of sp³-hybridized carbons (Fsp3) is 0.381. The number of nitrogens with zero attached hydrogens (tertiary/aromatic N) is 4. The maximum absolute atomic E-state index is 13.0. The summed E-state index contributed by atoms with van der Waals surface area (Å²) in [5.74, 6) is 0.108. The average Bonchev–Trinajstić information content (AvgIpc) is 3.18. The van der Waals surface area contributed by atoms with Gasteiger partial charge in [0.1, 0.15) is 6.54 Å². The van der Waals surface area contributed by atoms with Crippen LogP contribution < -0.4 is 5.73 Å². The Labute approximate surface area is 169 Å². The lowest BCUT2D eigenvalue weighted by molar-refractivity contribution is -0.132. The molecule has 1 aromatic carbocycles. The molecule has 0 atom stereocenters. The van der Waals surface area contributed by atoms with Gasteiger partial charge in [-0.2, -0.15) is 5.10 Å². The van der Waals surface area contributed by atoms with Crippen molar-refractivity contribution >= 4 is 22.4 Å². The van der Waals surface area contributed by atoms with Crippen molar-refractivity contribution in [3.05, 3.63) is 52.2 Å². The van der Waals surface area contributed by atoms with E-state index in [-0.39, 0.29) is 12.5 Å². The molecule has 2 N–H and O–H groups in total. The maximum Gasteiger partial charge on any atom is 0.244 e. The summed E-state index contributed by atoms with van der Waals surface area (Å²) in [6, 6.07) is 10.4. The van der Waals surface area contributed by atoms with Gasteiger partial charge in [0.25, 0.3) is 0 Å². The summed E-state index contributed by atoms with van der Waals surface area (Å²) in [4.78, 5) is 20.5. The van der Waals surface area contributed by atoms with Gasteiger partial charge < -0.3 is 10.6 Å². The van der Waals surface area contributed by atoms with Gasteiger partial charge in [-0.1, -0.05) is 30.7 Å². The zero-order valence-corrected chi connectivity index (χ0v) is 17.1. The average molecular weight is 396 g/mol. The molecule has 0 aliphatic carbocycles. The van der Waals surface area contributed by atoms with Crippen LogP contribution in [0.3, 0.4) is 0 Å². The molecule has 2 aromatic heterocycles. The topological polar surface area (TPSA) is 77.0 Å². The SMILES string of the molecule is CCc1cc(-c2cccc(C)c2)nn1CC(=O)N1CCc2nc(N)sc2CC1. The Morgan fingerprint density at radius 2 is 2.07 bits per heavy atom. The molecule has 1 aliphatic rings. The number of hydrogen-bond donors (Lipinski definition) is 1. The first-order chi connectivity index (χ1) is 13.5. The summed E-state index contributed by atoms with van der Waals surface area (Å²) in [6.45, 7) is 5.84. The lowest BCUT2D eigenvalue weighted by Crippen LogP contribution is -2.36. The van der Waals surface area contributed by atoms with Crippen molar-refractivity contribution in [1.82, 2.24) is 19.7 Å². The van der Waals surface area contributed by atoms with Crippen molar-refractivity contribution < 1.29 is 4.79 Å². The summed E-state index contributed by atoms with van der Waals surface area (Å²) in [5, 5.41) is 5.36. The van der Waals surface area contributed by atoms with Crippen LogP contribution in [0.4, 0.5) is 5.13 Å². The van der Waals surface area contributed by atoms with Crippen molar-refractivity contribution in [2.45, 2.75) is 39.7 Å². The number of thiazole rings is 1. The van der Waals surface area contributed by atoms with E-state index in [0.29, 0.717) is 18.2 Å². The van der Waals surface area contributed by atoms with Gasteiger partial charge in [0.2, 0.25) is 5.91 Å². The van der Waals surface area contributed by atoms with E-state index in [1.165, 1.54) is 10.4 Å². The van der Waals surface area contributed by atoms with Crippen LogP contribution in [-0.4, -0.2) is 38.7 Å². The molecule has 0 unspecified atom stereocenters. The molecule has 0 saturated heterocycles. The third-order valence-corrected chi connectivity index (χ3v) is 6.19. The first-order valence-corrected chi connectivity index (χ1v) is 10.5. The fourth-order valence-corrected chi connectivity index (χ4v) is 4.55. The van der Waals surface area contributed by atoms with Crippen LogP contribution in [0.1, 0.15) is 28.8 Å². The third-order valence-electron chi connectivity index (χ3n) is 5.20. The molecule has 1 amide bonds. The highest BCUT2D eigenvalue weighted by Crippen LogP contribution is 2.25. The van der Waals surface area contributed by atoms with Gasteiger partial charge in [-0.05, 0) is 25.5 Å². The molecule has 0 fully saturated rings. The van der Waals surface area contributed by atoms with Crippen molar-refractivity contribution in [1.29, 1.82) is 0 Å². The highest BCUT2D eigenvalue weighted by molar-refractivity contribution is 7.15. The molecule has 0 bridgehead atoms. The Bertz CT molecular complexity index is 981. The van der Waals surface area contributed by atoms with E-state index in [9.17, 15) is 4.79 Å². The van der Waals surface area contributed by atoms with Gasteiger partial charge in [-0.3, -0.25) is 9.48 Å². The Balaban J connectivity index is 1.49. The van der Waals surface area contributed by atoms with Crippen molar-refractivity contribution in [2.24, 2.45) is 0 Å². The van der Waals surface area contributed by atoms with Crippen LogP contribution >= 0.6 is 11.3 Å². The van der Waals surface area contributed by atoms with Crippen molar-refractivity contribution in [3.63, 3.8) is 0 Å². The smallest absolute Gasteiger partial charge is 0.244 e. The molecular formula is C21H25N5OS. The monoisotopic (exact) mass is 395 g/mol. The van der Waals surface area contributed by atoms with Crippen LogP contribution in [0.2, 0.25) is 0 Å². The molecular weight excluding hydrogens is 370 g/mol. The second-order valence-corrected chi connectivity index (χ2v) is 8.32. The number of fused-ring (bicyclic) bond motifs is 1. The van der Waals surface area contributed by atoms with Crippen LogP contribution in [-0.2, 0) is 30.6 Å². The molecule has 3 aromatic rings. The summed E-state index contributed by atoms with van der Waals surface area (Å²) in [6.07, 6.45) is 2.43. The van der Waals surface area contributed by atoms with Gasteiger partial charge in [-0.25, -0.2) is 4.98 Å². The molecule has 28 heavy (non-hydrogen) atoms. The van der Waals surface area contributed by atoms with Gasteiger partial charge in [0.05, 0.1) is 11.4 Å². The van der Waals surface area contributed by atoms with E-state index in [0.717, 1.165) is 41.9 Å². The Morgan fingerprint density at radius 3 is 2.86 bits per heavy atom. The van der Waals surface area contributed by atoms with Gasteiger partial charge in [0.15, 0.2) is 5.13 Å². The number of aryl methyl sites for hydroxylation is 2. The quantitative estimate of drug-likeness (QED) is 0.736. The maximum atomic E-state index is 13.0. The number of benzene rings is 1. The molecule has 3 heterocycles. The lowest BCUT2D eigenvalue weighted by Gasteiger charge is -2.20. The molecule has 0 saturated carbocycles. The van der Waals surface area contributed by atoms with E-state index >= 15 is 0 Å². The standard InChI is InChI=1S/C21H25N5OS/c1-3-16-12-18(15-6-4-5-14(2)11-15)24-26(16)13-20(27)25-9-7-17-19(8-10-25)28-21(22)23-17/h4-6,11-12H,3,7-10,13H2,1-2H3,(H2,22,23). The summed E-state index contributed by atoms with van der Waals surface area (Å²) in [5.41, 5.74) is 11.1. The number of carbonyl (C=O) groups is 1. The van der Waals surface area contributed by atoms with Crippen LogP contribution in [0.25, 0.3) is 11.3 Å². The largest absolute Gasteiger partial charge is 0.375 e. The Kier molecular flexibility index (Phi) is 5.17. The predicted molar refractivity (Wildman–Crippen MR) is 112 cm³/mol. The molecule has 7 heteroatoms. The van der Waals surface area contributed by atoms with Crippen LogP contribution in [0.15, 0.2) is 30.3 Å². The summed E-state index contributed by atoms with van der Waals surface area (Å²) < 4.78 is 1.86. The van der Waals surface area contributed by atoms with E-state index in [1.807, 2.05) is 15.6 Å². The normalized spacial score (nSPS) is 14.0. The van der Waals surface area contributed by atoms with Gasteiger partial charge in [0, 0.05) is 42.1 Å². The molecule has 4 rings (SSSR count). The number of hydrogen-bond acceptors (Lipinski definition) is 5. The number of nitrogen functional groups attached to an aromatic ring is 1. The summed E-state index contributed by atoms with van der Waals surface area (Å²) in [7, 11) is 0. The first kappa shape index (κ1) is 18.7. The number of nitrogens with two attached hydrogens (primary N) is 1. The van der Waals surface area contributed by atoms with E-state index in [1.54, 1.807) is 11.3 Å². The third kappa shape index (κ3) is 3.80. The minimum absolute atomic E-state index is 0.108. The van der Waals surface area contributed by atoms with E-state index < -0.39 is 0 Å². The lowest BCUT2D eigenvalue weighted by atomic mass is 10.1. The van der Waals surface area contributed by atoms with Gasteiger partial charge in [-0.15, -0.1) is 11.3 Å². The van der Waals surface area contributed by atoms with E-state index in [2.05, 4.69) is 43.1 Å². The van der Waals surface area contributed by atoms with E-state index in [4.69, 9.17) is 10.8 Å². The molecule has 0 radical (unpaired) electrons. The second kappa shape index (κ2) is 7.75. The minimum Gasteiger partial charge on any atom is -0.375 e. The molecule has 1 aliphatic heterocycles. The summed E-state index contributed by atoms with van der Waals surface area (Å²) >= 11 is 1.54. The molecule has 0 spiro atoms. The number of amides is 1. The molecule has 6 nitrogen and oxygen atoms in total. The zero-order chi connectivity index (χ0) is 19.7. The highest BCUT2D eigenvalue weighted by atomic mass is 32.1. The number of anilines is 1. The fourth-order valence-electron chi connectivity index (χ4n) is 3.68. The van der Waals surface area contributed by atoms with Crippen LogP contribution in [0.5, 0.6) is 0 Å². The number of rotatable bonds is 4. The van der Waals surface area contributed by atoms with Crippen molar-refractivity contribution in [2.75, 3.05) is 18.8 Å². The van der Waals surface area contributed by atoms with Crippen molar-refractivity contribution in [3.8, 4) is 11.3 Å². The zero-order valence-electron chi connectivity index (χ0n) is 16.3. The Hall–Kier alpha value is -2.67. The van der Waals surface area contributed by atoms with Gasteiger partial charge >= 0.3 is 0 Å². The first-order valence-electron chi connectivity index (χ1n) is 9.69. The number of carbonyl (C=O) groups excluding carboxylic acids is 1. The minimum atomic E-state index is 0.108. The highest BCUT2D eigenvalue weighted by Gasteiger charge is 2.22. The predicted octanol–water partition coefficient (Wildman–Crippen LogP) is 3.09. The second-order valence-electron chi connectivity index (χ2n) is 7.20. The van der Waals surface area contributed by atoms with Crippen LogP contribution in [0, 0.1) is 6.92 Å².